The molecule has 0 heterocycles. The fourth-order valence-corrected chi connectivity index (χ4v) is 6.86. The number of hydrogen-bond acceptors (Lipinski definition) is 5. The van der Waals surface area contributed by atoms with Gasteiger partial charge in [-0.15, -0.1) is 0 Å². The van der Waals surface area contributed by atoms with Crippen molar-refractivity contribution in [2.24, 2.45) is 0 Å². The predicted octanol–water partition coefficient (Wildman–Crippen LogP) is 5.34. The van der Waals surface area contributed by atoms with Crippen LogP contribution >= 0.6 is 0 Å². The Hall–Kier alpha value is -3.49. The number of nitrogens with one attached hydrogen (secondary N) is 1. The van der Waals surface area contributed by atoms with E-state index in [-0.39, 0.29) is 24.0 Å². The van der Waals surface area contributed by atoms with E-state index in [9.17, 15) is 18.0 Å². The van der Waals surface area contributed by atoms with E-state index in [4.69, 9.17) is 4.74 Å². The van der Waals surface area contributed by atoms with Crippen LogP contribution in [-0.4, -0.2) is 37.8 Å². The van der Waals surface area contributed by atoms with Crippen LogP contribution in [0, 0.1) is 27.7 Å². The van der Waals surface area contributed by atoms with Crippen molar-refractivity contribution in [3.8, 4) is 0 Å². The molecule has 8 heteroatoms. The lowest BCUT2D eigenvalue weighted by Crippen LogP contribution is -2.38. The maximum absolute atomic E-state index is 13.9. The standard InChI is InChI=1S/C31H36N2O5S/c1-6-38-30(35)31(15-16-31)26-11-13-27(14-12-26)32-28(34)20-33(19-25-9-7-21(2)8-10-25)39(36,37)29-23(4)17-22(3)18-24(29)5/h7-14,17-18H,6,15-16,19-20H2,1-5H3,(H,32,34). The molecule has 0 saturated heterocycles. The molecule has 1 aliphatic carbocycles. The number of anilines is 1. The number of rotatable bonds is 10. The van der Waals surface area contributed by atoms with E-state index in [1.165, 1.54) is 4.31 Å². The maximum Gasteiger partial charge on any atom is 0.316 e. The number of carbonyl (C=O) groups is 2. The minimum Gasteiger partial charge on any atom is -0.465 e. The third-order valence-electron chi connectivity index (χ3n) is 7.14. The van der Waals surface area contributed by atoms with Crippen LogP contribution in [0.1, 0.15) is 53.1 Å². The molecule has 3 aromatic rings. The summed E-state index contributed by atoms with van der Waals surface area (Å²) in [5, 5.41) is 2.82. The molecule has 4 rings (SSSR count). The number of amides is 1. The zero-order chi connectivity index (χ0) is 28.4. The molecule has 0 unspecified atom stereocenters. The molecule has 0 bridgehead atoms. The predicted molar refractivity (Wildman–Crippen MR) is 152 cm³/mol. The molecule has 0 aromatic heterocycles. The van der Waals surface area contributed by atoms with Crippen molar-refractivity contribution in [2.45, 2.75) is 64.3 Å². The molecule has 1 N–H and O–H groups in total. The Bertz CT molecular complexity index is 1450. The van der Waals surface area contributed by atoms with Crippen molar-refractivity contribution >= 4 is 27.6 Å². The molecule has 1 saturated carbocycles. The average Bonchev–Trinajstić information content (AvgIpc) is 3.67. The van der Waals surface area contributed by atoms with Gasteiger partial charge in [-0.1, -0.05) is 59.7 Å². The van der Waals surface area contributed by atoms with Gasteiger partial charge in [-0.3, -0.25) is 9.59 Å². The number of nitrogens with zero attached hydrogens (tertiary/aromatic N) is 1. The summed E-state index contributed by atoms with van der Waals surface area (Å²) < 4.78 is 34.3. The van der Waals surface area contributed by atoms with Gasteiger partial charge in [0.25, 0.3) is 0 Å². The summed E-state index contributed by atoms with van der Waals surface area (Å²) in [5.74, 6) is -0.673. The number of benzene rings is 3. The number of sulfonamides is 1. The van der Waals surface area contributed by atoms with Crippen molar-refractivity contribution in [3.63, 3.8) is 0 Å². The smallest absolute Gasteiger partial charge is 0.316 e. The zero-order valence-corrected chi connectivity index (χ0v) is 24.0. The molecule has 1 amide bonds. The Balaban J connectivity index is 1.56. The van der Waals surface area contributed by atoms with Crippen molar-refractivity contribution in [2.75, 3.05) is 18.5 Å². The molecule has 206 valence electrons. The van der Waals surface area contributed by atoms with Crippen LogP contribution in [0.3, 0.4) is 0 Å². The van der Waals surface area contributed by atoms with E-state index in [1.807, 2.05) is 62.4 Å². The van der Waals surface area contributed by atoms with Gasteiger partial charge in [0.15, 0.2) is 0 Å². The minimum atomic E-state index is -3.99. The van der Waals surface area contributed by atoms with Gasteiger partial charge in [0.2, 0.25) is 15.9 Å². The second-order valence-electron chi connectivity index (χ2n) is 10.4. The Labute approximate surface area is 231 Å². The van der Waals surface area contributed by atoms with Crippen LogP contribution in [0.2, 0.25) is 0 Å². The van der Waals surface area contributed by atoms with Crippen LogP contribution in [0.4, 0.5) is 5.69 Å². The lowest BCUT2D eigenvalue weighted by molar-refractivity contribution is -0.146. The van der Waals surface area contributed by atoms with Crippen molar-refractivity contribution in [3.05, 3.63) is 94.0 Å². The Morgan fingerprint density at radius 1 is 0.897 bits per heavy atom. The van der Waals surface area contributed by atoms with Gasteiger partial charge in [-0.25, -0.2) is 8.42 Å². The van der Waals surface area contributed by atoms with Crippen LogP contribution in [0.25, 0.3) is 0 Å². The molecule has 1 fully saturated rings. The zero-order valence-electron chi connectivity index (χ0n) is 23.2. The number of carbonyl (C=O) groups excluding carboxylic acids is 2. The van der Waals surface area contributed by atoms with Gasteiger partial charge < -0.3 is 10.1 Å². The van der Waals surface area contributed by atoms with Crippen LogP contribution in [0.15, 0.2) is 65.6 Å². The second-order valence-corrected chi connectivity index (χ2v) is 12.3. The average molecular weight is 549 g/mol. The number of aryl methyl sites for hydroxylation is 4. The summed E-state index contributed by atoms with van der Waals surface area (Å²) in [5.41, 5.74) is 4.91. The highest BCUT2D eigenvalue weighted by molar-refractivity contribution is 7.89. The lowest BCUT2D eigenvalue weighted by atomic mass is 9.96. The molecule has 7 nitrogen and oxygen atoms in total. The fourth-order valence-electron chi connectivity index (χ4n) is 5.06. The van der Waals surface area contributed by atoms with E-state index in [0.717, 1.165) is 35.1 Å². The number of ether oxygens (including phenoxy) is 1. The van der Waals surface area contributed by atoms with E-state index in [1.54, 1.807) is 32.9 Å². The SMILES string of the molecule is CCOC(=O)C1(c2ccc(NC(=O)CN(Cc3ccc(C)cc3)S(=O)(=O)c3c(C)cc(C)cc3C)cc2)CC1. The molecular weight excluding hydrogens is 512 g/mol. The molecule has 39 heavy (non-hydrogen) atoms. The van der Waals surface area contributed by atoms with Gasteiger partial charge in [0.05, 0.1) is 23.5 Å². The summed E-state index contributed by atoms with van der Waals surface area (Å²) in [7, 11) is -3.99. The van der Waals surface area contributed by atoms with Gasteiger partial charge in [-0.05, 0) is 81.8 Å². The molecule has 0 spiro atoms. The quantitative estimate of drug-likeness (QED) is 0.345. The van der Waals surface area contributed by atoms with Crippen LogP contribution < -0.4 is 5.32 Å². The van der Waals surface area contributed by atoms with Gasteiger partial charge in [-0.2, -0.15) is 4.31 Å². The van der Waals surface area contributed by atoms with Crippen molar-refractivity contribution < 1.29 is 22.7 Å². The highest BCUT2D eigenvalue weighted by Crippen LogP contribution is 2.49. The third-order valence-corrected chi connectivity index (χ3v) is 9.24. The van der Waals surface area contributed by atoms with Crippen LogP contribution in [0.5, 0.6) is 0 Å². The lowest BCUT2D eigenvalue weighted by Gasteiger charge is -2.24. The summed E-state index contributed by atoms with van der Waals surface area (Å²) in [6.45, 7) is 9.28. The van der Waals surface area contributed by atoms with Gasteiger partial charge in [0.1, 0.15) is 0 Å². The van der Waals surface area contributed by atoms with Gasteiger partial charge >= 0.3 is 5.97 Å². The molecule has 0 radical (unpaired) electrons. The number of hydrogen-bond donors (Lipinski definition) is 1. The van der Waals surface area contributed by atoms with Crippen molar-refractivity contribution in [1.29, 1.82) is 0 Å². The number of esters is 1. The highest BCUT2D eigenvalue weighted by Gasteiger charge is 2.52. The van der Waals surface area contributed by atoms with Crippen LogP contribution in [-0.2, 0) is 36.3 Å². The first-order valence-electron chi connectivity index (χ1n) is 13.2. The molecule has 0 aliphatic heterocycles. The minimum absolute atomic E-state index is 0.0593. The highest BCUT2D eigenvalue weighted by atomic mass is 32.2. The summed E-state index contributed by atoms with van der Waals surface area (Å²) in [6, 6.07) is 18.4. The first-order chi connectivity index (χ1) is 18.5. The molecule has 1 aliphatic rings. The second kappa shape index (κ2) is 11.3. The molecular formula is C31H36N2O5S. The molecule has 3 aromatic carbocycles. The van der Waals surface area contributed by atoms with E-state index in [0.29, 0.717) is 23.4 Å². The third kappa shape index (κ3) is 6.23. The van der Waals surface area contributed by atoms with Crippen molar-refractivity contribution in [1.82, 2.24) is 4.31 Å². The Morgan fingerprint density at radius 2 is 1.49 bits per heavy atom. The first-order valence-corrected chi connectivity index (χ1v) is 14.6. The van der Waals surface area contributed by atoms with E-state index >= 15 is 0 Å². The fraction of sp³-hybridized carbons (Fsp3) is 0.355. The molecule has 0 atom stereocenters. The Kier molecular flexibility index (Phi) is 8.28. The summed E-state index contributed by atoms with van der Waals surface area (Å²) in [4.78, 5) is 25.8. The first kappa shape index (κ1) is 28.5. The summed E-state index contributed by atoms with van der Waals surface area (Å²) in [6.07, 6.45) is 1.47. The largest absolute Gasteiger partial charge is 0.465 e. The topological polar surface area (TPSA) is 92.8 Å². The Morgan fingerprint density at radius 3 is 2.03 bits per heavy atom. The van der Waals surface area contributed by atoms with Gasteiger partial charge in [0, 0.05) is 12.2 Å². The normalized spacial score (nSPS) is 14.2. The summed E-state index contributed by atoms with van der Waals surface area (Å²) >= 11 is 0. The maximum atomic E-state index is 13.9. The monoisotopic (exact) mass is 548 g/mol. The van der Waals surface area contributed by atoms with E-state index in [2.05, 4.69) is 5.32 Å². The van der Waals surface area contributed by atoms with E-state index < -0.39 is 21.3 Å².